The molecule has 0 aromatic heterocycles. The minimum absolute atomic E-state index is 0.619. The molecule has 0 saturated carbocycles. The molecular formula is C36H22ClNO4. The molecule has 8 rings (SSSR count). The van der Waals surface area contributed by atoms with E-state index in [1.54, 1.807) is 0 Å². The third kappa shape index (κ3) is 4.37. The molecular weight excluding hydrogens is 546 g/mol. The Balaban J connectivity index is 1.27. The highest BCUT2D eigenvalue weighted by atomic mass is 35.5. The average Bonchev–Trinajstić information content (AvgIpc) is 3.03. The molecule has 202 valence electrons. The number of hydrogen-bond acceptors (Lipinski definition) is 5. The van der Waals surface area contributed by atoms with E-state index in [0.717, 1.165) is 28.2 Å². The van der Waals surface area contributed by atoms with Crippen LogP contribution in [0, 0.1) is 0 Å². The largest absolute Gasteiger partial charge is 0.450 e. The molecule has 42 heavy (non-hydrogen) atoms. The van der Waals surface area contributed by atoms with Gasteiger partial charge in [0.05, 0.1) is 11.4 Å². The van der Waals surface area contributed by atoms with Crippen LogP contribution in [-0.2, 0) is 0 Å². The number of anilines is 3. The first-order valence-corrected chi connectivity index (χ1v) is 13.9. The molecule has 0 bridgehead atoms. The lowest BCUT2D eigenvalue weighted by molar-refractivity contribution is 0.359. The quantitative estimate of drug-likeness (QED) is 0.211. The molecule has 0 N–H and O–H groups in total. The molecule has 2 heterocycles. The van der Waals surface area contributed by atoms with Crippen molar-refractivity contribution >= 4 is 28.7 Å². The van der Waals surface area contributed by atoms with Crippen molar-refractivity contribution in [1.29, 1.82) is 0 Å². The van der Waals surface area contributed by atoms with E-state index in [1.165, 1.54) is 0 Å². The summed E-state index contributed by atoms with van der Waals surface area (Å²) in [5, 5.41) is 0.620. The molecule has 2 aliphatic heterocycles. The zero-order chi connectivity index (χ0) is 28.0. The Bertz CT molecular complexity index is 1880. The minimum atomic E-state index is 0.619. The Morgan fingerprint density at radius 1 is 0.357 bits per heavy atom. The van der Waals surface area contributed by atoms with Gasteiger partial charge in [-0.2, -0.15) is 0 Å². The van der Waals surface area contributed by atoms with E-state index in [2.05, 4.69) is 23.1 Å². The van der Waals surface area contributed by atoms with Crippen LogP contribution in [0.5, 0.6) is 46.0 Å². The van der Waals surface area contributed by atoms with Crippen LogP contribution in [0.1, 0.15) is 0 Å². The molecule has 6 heteroatoms. The number of nitrogens with zero attached hydrogens (tertiary/aromatic N) is 1. The standard InChI is InChI=1S/C36H22ClNO4/c37-25-18-24(23-8-2-1-3-9-23)19-28(20-25)38(26-14-16-33-35(21-26)41-31-12-6-4-10-29(31)39-33)27-15-17-34-36(22-27)42-32-13-7-5-11-30(32)40-34/h1-22H. The third-order valence-corrected chi connectivity index (χ3v) is 7.42. The molecule has 0 amide bonds. The molecule has 0 atom stereocenters. The fourth-order valence-electron chi connectivity index (χ4n) is 5.26. The average molecular weight is 568 g/mol. The number of fused-ring (bicyclic) bond motifs is 4. The van der Waals surface area contributed by atoms with Gasteiger partial charge in [-0.25, -0.2) is 0 Å². The summed E-state index contributed by atoms with van der Waals surface area (Å²) in [5.41, 5.74) is 4.65. The molecule has 6 aromatic carbocycles. The predicted molar refractivity (Wildman–Crippen MR) is 165 cm³/mol. The van der Waals surface area contributed by atoms with Crippen LogP contribution >= 0.6 is 11.6 Å². The maximum atomic E-state index is 6.75. The van der Waals surface area contributed by atoms with Gasteiger partial charge in [0.2, 0.25) is 0 Å². The second-order valence-electron chi connectivity index (χ2n) is 9.96. The van der Waals surface area contributed by atoms with Crippen molar-refractivity contribution in [1.82, 2.24) is 0 Å². The summed E-state index contributed by atoms with van der Waals surface area (Å²) in [6.07, 6.45) is 0. The lowest BCUT2D eigenvalue weighted by Gasteiger charge is -2.29. The fraction of sp³-hybridized carbons (Fsp3) is 0. The normalized spacial score (nSPS) is 12.2. The van der Waals surface area contributed by atoms with Gasteiger partial charge in [0.15, 0.2) is 46.0 Å². The van der Waals surface area contributed by atoms with Crippen LogP contribution in [0.15, 0.2) is 133 Å². The number of rotatable bonds is 4. The molecule has 0 spiro atoms. The number of para-hydroxylation sites is 4. The summed E-state index contributed by atoms with van der Waals surface area (Å²) < 4.78 is 24.8. The summed E-state index contributed by atoms with van der Waals surface area (Å²) in [7, 11) is 0. The van der Waals surface area contributed by atoms with E-state index in [-0.39, 0.29) is 0 Å². The smallest absolute Gasteiger partial charge is 0.172 e. The second-order valence-corrected chi connectivity index (χ2v) is 10.4. The molecule has 5 nitrogen and oxygen atoms in total. The maximum absolute atomic E-state index is 6.75. The molecule has 0 radical (unpaired) electrons. The summed E-state index contributed by atoms with van der Waals surface area (Å²) >= 11 is 6.75. The SMILES string of the molecule is Clc1cc(-c2ccccc2)cc(N(c2ccc3c(c2)Oc2ccccc2O3)c2ccc3c(c2)Oc2ccccc2O3)c1. The lowest BCUT2D eigenvalue weighted by atomic mass is 10.0. The Morgan fingerprint density at radius 2 is 0.810 bits per heavy atom. The summed E-state index contributed by atoms with van der Waals surface area (Å²) in [6, 6.07) is 43.3. The van der Waals surface area contributed by atoms with Crippen LogP contribution in [0.4, 0.5) is 17.1 Å². The Kier molecular flexibility index (Phi) is 5.76. The first-order valence-electron chi connectivity index (χ1n) is 13.5. The molecule has 0 fully saturated rings. The van der Waals surface area contributed by atoms with Gasteiger partial charge in [0.25, 0.3) is 0 Å². The highest BCUT2D eigenvalue weighted by molar-refractivity contribution is 6.31. The van der Waals surface area contributed by atoms with E-state index < -0.39 is 0 Å². The van der Waals surface area contributed by atoms with E-state index in [0.29, 0.717) is 51.0 Å². The van der Waals surface area contributed by atoms with Crippen LogP contribution in [-0.4, -0.2) is 0 Å². The highest BCUT2D eigenvalue weighted by Crippen LogP contribution is 2.51. The van der Waals surface area contributed by atoms with Crippen LogP contribution in [0.25, 0.3) is 11.1 Å². The van der Waals surface area contributed by atoms with Crippen molar-refractivity contribution in [2.45, 2.75) is 0 Å². The van der Waals surface area contributed by atoms with Crippen LogP contribution in [0.3, 0.4) is 0 Å². The zero-order valence-electron chi connectivity index (χ0n) is 22.2. The summed E-state index contributed by atoms with van der Waals surface area (Å²) in [4.78, 5) is 2.12. The van der Waals surface area contributed by atoms with Gasteiger partial charge in [-0.15, -0.1) is 0 Å². The second kappa shape index (κ2) is 9.91. The first-order chi connectivity index (χ1) is 20.7. The Morgan fingerprint density at radius 3 is 1.33 bits per heavy atom. The zero-order valence-corrected chi connectivity index (χ0v) is 22.9. The van der Waals surface area contributed by atoms with Gasteiger partial charge in [-0.3, -0.25) is 0 Å². The Labute approximate surface area is 247 Å². The fourth-order valence-corrected chi connectivity index (χ4v) is 5.49. The van der Waals surface area contributed by atoms with Crippen molar-refractivity contribution in [3.8, 4) is 57.1 Å². The van der Waals surface area contributed by atoms with Crippen LogP contribution < -0.4 is 23.8 Å². The van der Waals surface area contributed by atoms with Gasteiger partial charge in [0.1, 0.15) is 0 Å². The maximum Gasteiger partial charge on any atom is 0.172 e. The van der Waals surface area contributed by atoms with Gasteiger partial charge < -0.3 is 23.8 Å². The van der Waals surface area contributed by atoms with Crippen molar-refractivity contribution in [2.75, 3.05) is 4.90 Å². The van der Waals surface area contributed by atoms with E-state index >= 15 is 0 Å². The highest BCUT2D eigenvalue weighted by Gasteiger charge is 2.24. The minimum Gasteiger partial charge on any atom is -0.450 e. The lowest BCUT2D eigenvalue weighted by Crippen LogP contribution is -2.11. The van der Waals surface area contributed by atoms with Gasteiger partial charge >= 0.3 is 0 Å². The Hall–Kier alpha value is -5.39. The van der Waals surface area contributed by atoms with E-state index in [4.69, 9.17) is 30.5 Å². The van der Waals surface area contributed by atoms with Gasteiger partial charge in [-0.05, 0) is 77.9 Å². The van der Waals surface area contributed by atoms with Crippen LogP contribution in [0.2, 0.25) is 5.02 Å². The van der Waals surface area contributed by atoms with Crippen molar-refractivity contribution in [3.63, 3.8) is 0 Å². The number of halogens is 1. The topological polar surface area (TPSA) is 40.2 Å². The molecule has 0 saturated heterocycles. The predicted octanol–water partition coefficient (Wildman–Crippen LogP) is 11.3. The first kappa shape index (κ1) is 24.4. The molecule has 6 aromatic rings. The number of ether oxygens (including phenoxy) is 4. The summed E-state index contributed by atoms with van der Waals surface area (Å²) in [5.74, 6) is 5.23. The van der Waals surface area contributed by atoms with E-state index in [9.17, 15) is 0 Å². The summed E-state index contributed by atoms with van der Waals surface area (Å²) in [6.45, 7) is 0. The number of hydrogen-bond donors (Lipinski definition) is 0. The van der Waals surface area contributed by atoms with E-state index in [1.807, 2.05) is 115 Å². The van der Waals surface area contributed by atoms with Gasteiger partial charge in [0, 0.05) is 22.8 Å². The number of benzene rings is 6. The third-order valence-electron chi connectivity index (χ3n) is 7.20. The molecule has 0 unspecified atom stereocenters. The van der Waals surface area contributed by atoms with Gasteiger partial charge in [-0.1, -0.05) is 66.2 Å². The van der Waals surface area contributed by atoms with Crippen molar-refractivity contribution in [2.24, 2.45) is 0 Å². The monoisotopic (exact) mass is 567 g/mol. The van der Waals surface area contributed by atoms with Crippen molar-refractivity contribution < 1.29 is 18.9 Å². The molecule has 2 aliphatic rings. The van der Waals surface area contributed by atoms with Crippen molar-refractivity contribution in [3.05, 3.63) is 138 Å². The molecule has 0 aliphatic carbocycles.